The lowest BCUT2D eigenvalue weighted by molar-refractivity contribution is -0.129. The highest BCUT2D eigenvalue weighted by Crippen LogP contribution is 2.56. The fraction of sp³-hybridized carbons (Fsp3) is 0.500. The fourth-order valence-corrected chi connectivity index (χ4v) is 5.71. The molecule has 2 aromatic heterocycles. The predicted molar refractivity (Wildman–Crippen MR) is 104 cm³/mol. The Hall–Kier alpha value is -2.74. The lowest BCUT2D eigenvalue weighted by atomic mass is 9.52. The number of rotatable bonds is 5. The molecule has 2 aromatic rings. The van der Waals surface area contributed by atoms with Crippen molar-refractivity contribution in [2.75, 3.05) is 10.6 Å². The minimum absolute atomic E-state index is 0.234. The Morgan fingerprint density at radius 2 is 1.86 bits per heavy atom. The van der Waals surface area contributed by atoms with E-state index >= 15 is 0 Å². The third kappa shape index (κ3) is 3.07. The largest absolute Gasteiger partial charge is 0.390 e. The molecule has 0 spiro atoms. The second-order valence-electron chi connectivity index (χ2n) is 8.54. The van der Waals surface area contributed by atoms with E-state index < -0.39 is 11.5 Å². The van der Waals surface area contributed by atoms with Gasteiger partial charge < -0.3 is 21.5 Å². The molecule has 4 fully saturated rings. The van der Waals surface area contributed by atoms with Crippen molar-refractivity contribution in [2.45, 2.75) is 43.7 Å². The summed E-state index contributed by atoms with van der Waals surface area (Å²) >= 11 is 0. The van der Waals surface area contributed by atoms with Crippen LogP contribution < -0.4 is 16.4 Å². The van der Waals surface area contributed by atoms with E-state index in [0.717, 1.165) is 32.1 Å². The van der Waals surface area contributed by atoms with Crippen molar-refractivity contribution in [2.24, 2.45) is 23.5 Å². The Kier molecular flexibility index (Phi) is 3.97. The van der Waals surface area contributed by atoms with Crippen LogP contribution in [-0.4, -0.2) is 37.6 Å². The van der Waals surface area contributed by atoms with Crippen LogP contribution in [0.2, 0.25) is 0 Å². The van der Waals surface area contributed by atoms with Crippen molar-refractivity contribution in [3.8, 4) is 0 Å². The van der Waals surface area contributed by atoms with Crippen molar-refractivity contribution >= 4 is 23.4 Å². The number of nitrogens with zero attached hydrogens (tertiary/aromatic N) is 3. The summed E-state index contributed by atoms with van der Waals surface area (Å²) in [4.78, 5) is 24.5. The standard InChI is InChI=1S/C20H24N6O2/c21-18(27)14-10-24-16(26-19-22-2-1-3-23-19)6-15(14)25-17-12-4-11-5-13(17)9-20(28,7-11)8-12/h1-3,6,10-13,17,28H,4-5,7-9H2,(H2,21,27)(H2,22,23,24,25,26)/t11?,12-,13+,17-,20-. The number of aliphatic hydroxyl groups is 1. The van der Waals surface area contributed by atoms with Gasteiger partial charge in [-0.1, -0.05) is 0 Å². The molecule has 1 amide bonds. The van der Waals surface area contributed by atoms with E-state index in [2.05, 4.69) is 25.6 Å². The molecule has 4 saturated carbocycles. The van der Waals surface area contributed by atoms with Gasteiger partial charge in [0.2, 0.25) is 5.95 Å². The molecule has 0 saturated heterocycles. The number of aromatic nitrogens is 3. The molecule has 0 aliphatic heterocycles. The number of hydrogen-bond acceptors (Lipinski definition) is 7. The molecular weight excluding hydrogens is 356 g/mol. The van der Waals surface area contributed by atoms with Crippen molar-refractivity contribution in [3.63, 3.8) is 0 Å². The third-order valence-corrected chi connectivity index (χ3v) is 6.54. The first-order valence-corrected chi connectivity index (χ1v) is 9.82. The average Bonchev–Trinajstić information content (AvgIpc) is 2.64. The molecule has 1 unspecified atom stereocenters. The second kappa shape index (κ2) is 6.41. The summed E-state index contributed by atoms with van der Waals surface area (Å²) in [6.45, 7) is 0. The van der Waals surface area contributed by atoms with E-state index in [-0.39, 0.29) is 6.04 Å². The Bertz CT molecular complexity index is 889. The molecule has 8 heteroatoms. The molecule has 5 atom stereocenters. The van der Waals surface area contributed by atoms with Gasteiger partial charge >= 0.3 is 0 Å². The first-order valence-electron chi connectivity index (χ1n) is 9.82. The Balaban J connectivity index is 1.42. The molecule has 0 radical (unpaired) electrons. The number of anilines is 3. The van der Waals surface area contributed by atoms with Crippen LogP contribution in [0.25, 0.3) is 0 Å². The van der Waals surface area contributed by atoms with Gasteiger partial charge in [0, 0.05) is 30.7 Å². The fourth-order valence-electron chi connectivity index (χ4n) is 5.71. The highest BCUT2D eigenvalue weighted by molar-refractivity contribution is 5.98. The lowest BCUT2D eigenvalue weighted by Gasteiger charge is -2.58. The number of hydrogen-bond donors (Lipinski definition) is 4. The maximum atomic E-state index is 11.9. The van der Waals surface area contributed by atoms with E-state index in [1.165, 1.54) is 6.20 Å². The summed E-state index contributed by atoms with van der Waals surface area (Å²) in [7, 11) is 0. The first kappa shape index (κ1) is 17.4. The molecule has 2 heterocycles. The van der Waals surface area contributed by atoms with Crippen molar-refractivity contribution in [3.05, 3.63) is 36.3 Å². The van der Waals surface area contributed by atoms with Crippen LogP contribution in [0.15, 0.2) is 30.7 Å². The van der Waals surface area contributed by atoms with E-state index in [4.69, 9.17) is 5.73 Å². The number of carbonyl (C=O) groups is 1. The molecule has 4 aliphatic rings. The Morgan fingerprint density at radius 3 is 2.50 bits per heavy atom. The third-order valence-electron chi connectivity index (χ3n) is 6.54. The van der Waals surface area contributed by atoms with Crippen LogP contribution in [0.1, 0.15) is 42.5 Å². The van der Waals surface area contributed by atoms with E-state index in [1.54, 1.807) is 24.5 Å². The predicted octanol–water partition coefficient (Wildman–Crippen LogP) is 2.07. The van der Waals surface area contributed by atoms with E-state index in [1.807, 2.05) is 0 Å². The normalized spacial score (nSPS) is 32.9. The number of nitrogens with two attached hydrogens (primary N) is 1. The minimum Gasteiger partial charge on any atom is -0.390 e. The van der Waals surface area contributed by atoms with Gasteiger partial charge in [0.05, 0.1) is 16.9 Å². The highest BCUT2D eigenvalue weighted by atomic mass is 16.3. The molecule has 0 aromatic carbocycles. The maximum Gasteiger partial charge on any atom is 0.252 e. The molecule has 146 valence electrons. The van der Waals surface area contributed by atoms with Gasteiger partial charge in [0.25, 0.3) is 5.91 Å². The van der Waals surface area contributed by atoms with Crippen LogP contribution in [0.3, 0.4) is 0 Å². The molecule has 4 bridgehead atoms. The van der Waals surface area contributed by atoms with Gasteiger partial charge in [0.15, 0.2) is 0 Å². The topological polar surface area (TPSA) is 126 Å². The van der Waals surface area contributed by atoms with Gasteiger partial charge in [-0.05, 0) is 55.9 Å². The average molecular weight is 380 g/mol. The van der Waals surface area contributed by atoms with Gasteiger partial charge in [-0.25, -0.2) is 15.0 Å². The monoisotopic (exact) mass is 380 g/mol. The van der Waals surface area contributed by atoms with Gasteiger partial charge in [0.1, 0.15) is 5.82 Å². The van der Waals surface area contributed by atoms with Crippen LogP contribution >= 0.6 is 0 Å². The van der Waals surface area contributed by atoms with Crippen molar-refractivity contribution < 1.29 is 9.90 Å². The Labute approximate surface area is 163 Å². The number of carbonyl (C=O) groups excluding carboxylic acids is 1. The second-order valence-corrected chi connectivity index (χ2v) is 8.54. The SMILES string of the molecule is NC(=O)c1cnc(Nc2ncccn2)cc1N[C@@H]1[C@@H]2CC3C[C@H]1C[C@@](O)(C3)C2. The summed E-state index contributed by atoms with van der Waals surface area (Å²) in [5.74, 6) is 1.92. The quantitative estimate of drug-likeness (QED) is 0.625. The first-order chi connectivity index (χ1) is 13.5. The minimum atomic E-state index is -0.514. The zero-order valence-electron chi connectivity index (χ0n) is 15.5. The van der Waals surface area contributed by atoms with Crippen molar-refractivity contribution in [1.29, 1.82) is 0 Å². The van der Waals surface area contributed by atoms with Crippen LogP contribution in [0.4, 0.5) is 17.5 Å². The zero-order chi connectivity index (χ0) is 19.3. The Morgan fingerprint density at radius 1 is 1.14 bits per heavy atom. The smallest absolute Gasteiger partial charge is 0.252 e. The van der Waals surface area contributed by atoms with Crippen molar-refractivity contribution in [1.82, 2.24) is 15.0 Å². The number of amides is 1. The van der Waals surface area contributed by atoms with Gasteiger partial charge in [-0.2, -0.15) is 0 Å². The molecular formula is C20H24N6O2. The zero-order valence-corrected chi connectivity index (χ0v) is 15.5. The molecule has 6 rings (SSSR count). The number of nitrogens with one attached hydrogen (secondary N) is 2. The molecule has 8 nitrogen and oxygen atoms in total. The summed E-state index contributed by atoms with van der Waals surface area (Å²) in [6.07, 6.45) is 9.65. The highest BCUT2D eigenvalue weighted by Gasteiger charge is 2.54. The van der Waals surface area contributed by atoms with Gasteiger partial charge in [-0.3, -0.25) is 4.79 Å². The van der Waals surface area contributed by atoms with E-state index in [0.29, 0.717) is 40.8 Å². The summed E-state index contributed by atoms with van der Waals surface area (Å²) in [5.41, 5.74) is 6.13. The van der Waals surface area contributed by atoms with E-state index in [9.17, 15) is 9.90 Å². The number of primary amides is 1. The summed E-state index contributed by atoms with van der Waals surface area (Å²) in [5, 5.41) is 17.4. The molecule has 5 N–H and O–H groups in total. The van der Waals surface area contributed by atoms with Crippen LogP contribution in [0, 0.1) is 17.8 Å². The van der Waals surface area contributed by atoms with Gasteiger partial charge in [-0.15, -0.1) is 0 Å². The molecule has 4 aliphatic carbocycles. The number of pyridine rings is 1. The molecule has 28 heavy (non-hydrogen) atoms. The summed E-state index contributed by atoms with van der Waals surface area (Å²) < 4.78 is 0. The van der Waals surface area contributed by atoms with Crippen LogP contribution in [-0.2, 0) is 0 Å². The summed E-state index contributed by atoms with van der Waals surface area (Å²) in [6, 6.07) is 3.76. The lowest BCUT2D eigenvalue weighted by Crippen LogP contribution is -2.59. The maximum absolute atomic E-state index is 11.9. The van der Waals surface area contributed by atoms with Crippen LogP contribution in [0.5, 0.6) is 0 Å².